The summed E-state index contributed by atoms with van der Waals surface area (Å²) in [5.41, 5.74) is 3.04. The highest BCUT2D eigenvalue weighted by molar-refractivity contribution is 8.00. The van der Waals surface area contributed by atoms with Gasteiger partial charge < -0.3 is 25.2 Å². The van der Waals surface area contributed by atoms with E-state index in [2.05, 4.69) is 33.4 Å². The van der Waals surface area contributed by atoms with Gasteiger partial charge in [-0.3, -0.25) is 18.4 Å². The summed E-state index contributed by atoms with van der Waals surface area (Å²) in [6, 6.07) is 17.0. The number of aromatic nitrogens is 3. The number of fused-ring (bicyclic) bond motifs is 1. The highest BCUT2D eigenvalue weighted by Crippen LogP contribution is 2.28. The van der Waals surface area contributed by atoms with Crippen molar-refractivity contribution in [2.45, 2.75) is 48.5 Å². The fraction of sp³-hybridized carbons (Fsp3) is 0.417. The van der Waals surface area contributed by atoms with E-state index in [9.17, 15) is 13.8 Å². The Morgan fingerprint density at radius 2 is 1.79 bits per heavy atom. The average molecular weight is 670 g/mol. The Balaban J connectivity index is 1.20. The van der Waals surface area contributed by atoms with Crippen LogP contribution in [0.25, 0.3) is 22.2 Å². The first-order chi connectivity index (χ1) is 23.3. The number of benzene rings is 2. The van der Waals surface area contributed by atoms with Crippen molar-refractivity contribution in [2.24, 2.45) is 0 Å². The Morgan fingerprint density at radius 1 is 1.06 bits per heavy atom. The number of anilines is 2. The van der Waals surface area contributed by atoms with Crippen LogP contribution < -0.4 is 16.2 Å². The number of nitrogens with one attached hydrogen (secondary N) is 2. The minimum atomic E-state index is -2.50. The second-order valence-electron chi connectivity index (χ2n) is 13.1. The molecular weight excluding hydrogens is 627 g/mol. The Hall–Kier alpha value is -4.10. The van der Waals surface area contributed by atoms with Crippen LogP contribution in [-0.2, 0) is 25.6 Å². The van der Waals surface area contributed by atoms with Crippen molar-refractivity contribution < 1.29 is 13.7 Å². The van der Waals surface area contributed by atoms with Crippen LogP contribution in [0, 0.1) is 0 Å². The van der Waals surface area contributed by atoms with Gasteiger partial charge >= 0.3 is 0 Å². The van der Waals surface area contributed by atoms with Gasteiger partial charge in [-0.15, -0.1) is 0 Å². The Kier molecular flexibility index (Phi) is 9.32. The van der Waals surface area contributed by atoms with E-state index in [4.69, 9.17) is 9.72 Å². The first-order valence-corrected chi connectivity index (χ1v) is 18.6. The van der Waals surface area contributed by atoms with Gasteiger partial charge in [0, 0.05) is 59.2 Å². The van der Waals surface area contributed by atoms with Crippen molar-refractivity contribution in [3.8, 4) is 11.1 Å². The number of rotatable bonds is 8. The number of likely N-dealkylation sites (tertiary alicyclic amines) is 2. The summed E-state index contributed by atoms with van der Waals surface area (Å²) < 4.78 is 21.2. The molecule has 0 aliphatic carbocycles. The van der Waals surface area contributed by atoms with E-state index in [0.717, 1.165) is 63.1 Å². The number of nitrogens with zero attached hydrogens (tertiary/aromatic N) is 5. The summed E-state index contributed by atoms with van der Waals surface area (Å²) >= 11 is 0. The summed E-state index contributed by atoms with van der Waals surface area (Å²) in [5.74, 6) is 4.38. The summed E-state index contributed by atoms with van der Waals surface area (Å²) in [5, 5.41) is 7.26. The Labute approximate surface area is 281 Å². The maximum absolute atomic E-state index is 14.2. The minimum Gasteiger partial charge on any atom is -0.371 e. The number of pyridine rings is 1. The molecule has 2 N–H and O–H groups in total. The molecule has 0 spiro atoms. The molecular formula is C36H43N7O4S. The summed E-state index contributed by atoms with van der Waals surface area (Å²) in [4.78, 5) is 41.6. The number of hydrogen-bond acceptors (Lipinski definition) is 9. The molecule has 5 heterocycles. The van der Waals surface area contributed by atoms with Gasteiger partial charge in [0.15, 0.2) is 0 Å². The lowest BCUT2D eigenvalue weighted by atomic mass is 10.1. The van der Waals surface area contributed by atoms with Gasteiger partial charge in [0.1, 0.15) is 12.2 Å². The SMILES string of the molecule is C=S(=O)(c1ccc(-c2cc3cnc(Nc4ccc(C5CNCCO5)cc4)nc3n(CC(=O)N3CCCC3)c2=O)cc1)C1CCN(C)CC1. The van der Waals surface area contributed by atoms with Crippen molar-refractivity contribution in [2.75, 3.05) is 58.2 Å². The maximum Gasteiger partial charge on any atom is 0.260 e. The quantitative estimate of drug-likeness (QED) is 0.271. The summed E-state index contributed by atoms with van der Waals surface area (Å²) in [6.45, 7) is 5.38. The van der Waals surface area contributed by atoms with E-state index >= 15 is 0 Å². The van der Waals surface area contributed by atoms with Gasteiger partial charge in [-0.2, -0.15) is 4.98 Å². The Bertz CT molecular complexity index is 1940. The molecule has 11 nitrogen and oxygen atoms in total. The zero-order chi connectivity index (χ0) is 33.3. The van der Waals surface area contributed by atoms with Gasteiger partial charge in [0.05, 0.1) is 12.7 Å². The number of piperidine rings is 1. The number of amides is 1. The molecule has 3 fully saturated rings. The number of morpholine rings is 1. The third-order valence-electron chi connectivity index (χ3n) is 9.81. The molecule has 2 unspecified atom stereocenters. The fourth-order valence-electron chi connectivity index (χ4n) is 6.89. The molecule has 2 atom stereocenters. The van der Waals surface area contributed by atoms with Gasteiger partial charge in [-0.25, -0.2) is 4.98 Å². The molecule has 0 bridgehead atoms. The van der Waals surface area contributed by atoms with E-state index in [-0.39, 0.29) is 29.4 Å². The van der Waals surface area contributed by atoms with Gasteiger partial charge in [0.2, 0.25) is 11.9 Å². The van der Waals surface area contributed by atoms with E-state index < -0.39 is 9.52 Å². The molecule has 0 saturated carbocycles. The molecule has 3 aliphatic heterocycles. The number of hydrogen-bond donors (Lipinski definition) is 2. The lowest BCUT2D eigenvalue weighted by Crippen LogP contribution is -2.37. The number of carbonyl (C=O) groups excluding carboxylic acids is 1. The fourth-order valence-corrected chi connectivity index (χ4v) is 8.84. The molecule has 12 heteroatoms. The van der Waals surface area contributed by atoms with Crippen LogP contribution in [0.5, 0.6) is 0 Å². The second kappa shape index (κ2) is 13.8. The van der Waals surface area contributed by atoms with E-state index in [1.807, 2.05) is 48.5 Å². The third-order valence-corrected chi connectivity index (χ3v) is 12.4. The van der Waals surface area contributed by atoms with Gasteiger partial charge in [-0.1, -0.05) is 24.3 Å². The third kappa shape index (κ3) is 6.75. The van der Waals surface area contributed by atoms with Crippen LogP contribution in [0.2, 0.25) is 0 Å². The van der Waals surface area contributed by atoms with E-state index in [1.54, 1.807) is 17.2 Å². The van der Waals surface area contributed by atoms with Crippen LogP contribution in [-0.4, -0.2) is 98.5 Å². The van der Waals surface area contributed by atoms with Gasteiger partial charge in [0.25, 0.3) is 5.56 Å². The monoisotopic (exact) mass is 669 g/mol. The Morgan fingerprint density at radius 3 is 2.48 bits per heavy atom. The highest BCUT2D eigenvalue weighted by Gasteiger charge is 2.26. The molecule has 7 rings (SSSR count). The predicted molar refractivity (Wildman–Crippen MR) is 190 cm³/mol. The summed E-state index contributed by atoms with van der Waals surface area (Å²) in [7, 11) is -0.417. The molecule has 3 aliphatic rings. The van der Waals surface area contributed by atoms with Crippen LogP contribution in [0.15, 0.2) is 70.5 Å². The van der Waals surface area contributed by atoms with Crippen molar-refractivity contribution in [3.05, 3.63) is 76.7 Å². The van der Waals surface area contributed by atoms with Crippen LogP contribution in [0.4, 0.5) is 11.6 Å². The van der Waals surface area contributed by atoms with E-state index in [1.165, 1.54) is 4.57 Å². The molecule has 48 heavy (non-hydrogen) atoms. The topological polar surface area (TPSA) is 122 Å². The lowest BCUT2D eigenvalue weighted by Gasteiger charge is -2.31. The van der Waals surface area contributed by atoms with Crippen molar-refractivity contribution >= 4 is 44.0 Å². The zero-order valence-corrected chi connectivity index (χ0v) is 28.2. The number of ether oxygens (including phenoxy) is 1. The predicted octanol–water partition coefficient (Wildman–Crippen LogP) is 3.65. The van der Waals surface area contributed by atoms with E-state index in [0.29, 0.717) is 52.7 Å². The minimum absolute atomic E-state index is 0.0135. The molecule has 2 aromatic heterocycles. The largest absolute Gasteiger partial charge is 0.371 e. The normalized spacial score (nSPS) is 20.5. The van der Waals surface area contributed by atoms with Gasteiger partial charge in [-0.05, 0) is 103 Å². The second-order valence-corrected chi connectivity index (χ2v) is 15.7. The molecule has 0 radical (unpaired) electrons. The average Bonchev–Trinajstić information content (AvgIpc) is 3.66. The molecule has 3 saturated heterocycles. The maximum atomic E-state index is 14.2. The standard InChI is InChI=1S/C36H43N7O4S/c1-41-18-13-30(14-19-41)48(2,46)29-11-7-25(8-12-29)31-21-27-22-38-36(39-28-9-5-26(6-10-28)32-23-37-15-20-47-32)40-34(27)43(35(31)45)24-33(44)42-16-3-4-17-42/h5-12,21-22,30,32,37H,2-4,13-20,23-24H2,1H3,(H,38,39,40). The van der Waals surface area contributed by atoms with Crippen molar-refractivity contribution in [3.63, 3.8) is 0 Å². The first kappa shape index (κ1) is 32.4. The van der Waals surface area contributed by atoms with Crippen LogP contribution >= 0.6 is 0 Å². The lowest BCUT2D eigenvalue weighted by molar-refractivity contribution is -0.130. The first-order valence-electron chi connectivity index (χ1n) is 16.8. The highest BCUT2D eigenvalue weighted by atomic mass is 32.2. The zero-order valence-electron chi connectivity index (χ0n) is 27.4. The van der Waals surface area contributed by atoms with Crippen LogP contribution in [0.3, 0.4) is 0 Å². The molecule has 2 aromatic carbocycles. The summed E-state index contributed by atoms with van der Waals surface area (Å²) in [6.07, 6.45) is 5.29. The number of carbonyl (C=O) groups is 1. The van der Waals surface area contributed by atoms with Crippen LogP contribution in [0.1, 0.15) is 37.4 Å². The smallest absolute Gasteiger partial charge is 0.260 e. The van der Waals surface area contributed by atoms with Crippen molar-refractivity contribution in [1.29, 1.82) is 0 Å². The molecule has 252 valence electrons. The molecule has 1 amide bonds. The molecule has 4 aromatic rings. The van der Waals surface area contributed by atoms with Crippen molar-refractivity contribution in [1.82, 2.24) is 29.7 Å².